The van der Waals surface area contributed by atoms with E-state index in [1.807, 2.05) is 19.6 Å². The van der Waals surface area contributed by atoms with E-state index in [0.717, 1.165) is 0 Å². The second-order valence-electron chi connectivity index (χ2n) is 5.31. The number of aldehydes is 1. The Balaban J connectivity index is 2.60. The lowest BCUT2D eigenvalue weighted by molar-refractivity contribution is -0.384. The summed E-state index contributed by atoms with van der Waals surface area (Å²) < 4.78 is 10.5. The van der Waals surface area contributed by atoms with Crippen LogP contribution in [0.4, 0.5) is 5.69 Å². The predicted octanol–water partition coefficient (Wildman–Crippen LogP) is 2.17. The molecule has 0 radical (unpaired) electrons. The largest absolute Gasteiger partial charge is 0.459 e. The van der Waals surface area contributed by atoms with Crippen LogP contribution in [0.15, 0.2) is 24.3 Å². The van der Waals surface area contributed by atoms with E-state index in [0.29, 0.717) is 6.29 Å². The predicted molar refractivity (Wildman–Crippen MR) is 77.7 cm³/mol. The maximum Gasteiger partial charge on any atom is 0.338 e. The number of carbonyl (C=O) groups is 2. The van der Waals surface area contributed by atoms with Crippen LogP contribution in [0.5, 0.6) is 0 Å². The van der Waals surface area contributed by atoms with Crippen molar-refractivity contribution in [3.05, 3.63) is 39.9 Å². The van der Waals surface area contributed by atoms with Gasteiger partial charge in [-0.1, -0.05) is 0 Å². The molecule has 7 nitrogen and oxygen atoms in total. The number of carbonyl (C=O) groups excluding carboxylic acids is 2. The van der Waals surface area contributed by atoms with Crippen LogP contribution in [0, 0.1) is 10.1 Å². The average Bonchev–Trinajstić information content (AvgIpc) is 2.41. The van der Waals surface area contributed by atoms with Crippen molar-refractivity contribution in [3.8, 4) is 0 Å². The molecule has 0 saturated carbocycles. The van der Waals surface area contributed by atoms with E-state index < -0.39 is 25.3 Å². The molecule has 0 fully saturated rings. The van der Waals surface area contributed by atoms with E-state index in [9.17, 15) is 19.7 Å². The van der Waals surface area contributed by atoms with Gasteiger partial charge in [-0.15, -0.1) is 0 Å². The Kier molecular flexibility index (Phi) is 5.74. The summed E-state index contributed by atoms with van der Waals surface area (Å²) in [5.74, 6) is -0.657. The SMILES string of the molecule is C[Si](C)(C)O[C@H](C=O)COC(=O)c1ccc([N+](=O)[O-])cc1. The fraction of sp³-hybridized carbons (Fsp3) is 0.385. The Hall–Kier alpha value is -2.06. The van der Waals surface area contributed by atoms with E-state index in [-0.39, 0.29) is 17.9 Å². The number of nitrogens with zero attached hydrogens (tertiary/aromatic N) is 1. The summed E-state index contributed by atoms with van der Waals surface area (Å²) in [5, 5.41) is 10.5. The van der Waals surface area contributed by atoms with Gasteiger partial charge in [0, 0.05) is 12.1 Å². The zero-order valence-electron chi connectivity index (χ0n) is 12.1. The topological polar surface area (TPSA) is 95.7 Å². The van der Waals surface area contributed by atoms with Gasteiger partial charge in [0.2, 0.25) is 0 Å². The Morgan fingerprint density at radius 1 is 1.33 bits per heavy atom. The van der Waals surface area contributed by atoms with Gasteiger partial charge in [-0.2, -0.15) is 0 Å². The van der Waals surface area contributed by atoms with Crippen molar-refractivity contribution in [2.45, 2.75) is 25.7 Å². The van der Waals surface area contributed by atoms with Crippen LogP contribution in [0.2, 0.25) is 19.6 Å². The van der Waals surface area contributed by atoms with Gasteiger partial charge in [-0.3, -0.25) is 10.1 Å². The third kappa shape index (κ3) is 5.84. The van der Waals surface area contributed by atoms with Gasteiger partial charge in [-0.25, -0.2) is 4.79 Å². The van der Waals surface area contributed by atoms with E-state index >= 15 is 0 Å². The van der Waals surface area contributed by atoms with Gasteiger partial charge in [-0.05, 0) is 31.8 Å². The van der Waals surface area contributed by atoms with E-state index in [2.05, 4.69) is 0 Å². The molecule has 0 unspecified atom stereocenters. The Bertz CT molecular complexity index is 522. The maximum absolute atomic E-state index is 11.8. The average molecular weight is 311 g/mol. The molecular formula is C13H17NO6Si. The molecule has 0 N–H and O–H groups in total. The molecular weight excluding hydrogens is 294 g/mol. The highest BCUT2D eigenvalue weighted by atomic mass is 28.4. The third-order valence-corrected chi connectivity index (χ3v) is 3.36. The van der Waals surface area contributed by atoms with Gasteiger partial charge in [0.1, 0.15) is 12.7 Å². The normalized spacial score (nSPS) is 12.5. The second kappa shape index (κ2) is 7.09. The minimum absolute atomic E-state index is 0.112. The van der Waals surface area contributed by atoms with Gasteiger partial charge in [0.05, 0.1) is 10.5 Å². The fourth-order valence-electron chi connectivity index (χ4n) is 1.52. The first-order valence-electron chi connectivity index (χ1n) is 6.27. The minimum Gasteiger partial charge on any atom is -0.459 e. The summed E-state index contributed by atoms with van der Waals surface area (Å²) in [5.41, 5.74) is 0.0673. The molecule has 0 saturated heterocycles. The Morgan fingerprint density at radius 3 is 2.33 bits per heavy atom. The van der Waals surface area contributed by atoms with Crippen LogP contribution < -0.4 is 0 Å². The summed E-state index contributed by atoms with van der Waals surface area (Å²) in [4.78, 5) is 32.6. The van der Waals surface area contributed by atoms with Gasteiger partial charge >= 0.3 is 5.97 Å². The van der Waals surface area contributed by atoms with Crippen molar-refractivity contribution in [3.63, 3.8) is 0 Å². The smallest absolute Gasteiger partial charge is 0.338 e. The van der Waals surface area contributed by atoms with Gasteiger partial charge < -0.3 is 14.0 Å². The number of non-ortho nitro benzene ring substituents is 1. The molecule has 0 aliphatic heterocycles. The van der Waals surface area contributed by atoms with E-state index in [4.69, 9.17) is 9.16 Å². The minimum atomic E-state index is -1.91. The first-order valence-corrected chi connectivity index (χ1v) is 9.68. The standard InChI is InChI=1S/C13H17NO6Si/c1-21(2,3)20-12(8-15)9-19-13(16)10-4-6-11(7-5-10)14(17)18/h4-8,12H,9H2,1-3H3/t12-/m1/s1. The number of ether oxygens (including phenoxy) is 1. The van der Waals surface area contributed by atoms with Crippen LogP contribution in [0.25, 0.3) is 0 Å². The third-order valence-electron chi connectivity index (χ3n) is 2.35. The molecule has 0 amide bonds. The first-order chi connectivity index (χ1) is 9.73. The highest BCUT2D eigenvalue weighted by Crippen LogP contribution is 2.13. The quantitative estimate of drug-likeness (QED) is 0.252. The van der Waals surface area contributed by atoms with Crippen molar-refractivity contribution in [2.24, 2.45) is 0 Å². The number of nitro groups is 1. The number of hydrogen-bond donors (Lipinski definition) is 0. The van der Waals surface area contributed by atoms with Gasteiger partial charge in [0.15, 0.2) is 14.6 Å². The lowest BCUT2D eigenvalue weighted by Crippen LogP contribution is -2.36. The molecule has 0 spiro atoms. The molecule has 1 rings (SSSR count). The van der Waals surface area contributed by atoms with Gasteiger partial charge in [0.25, 0.3) is 5.69 Å². The number of nitro benzene ring substituents is 1. The Morgan fingerprint density at radius 2 is 1.90 bits per heavy atom. The molecule has 1 aromatic carbocycles. The highest BCUT2D eigenvalue weighted by Gasteiger charge is 2.22. The van der Waals surface area contributed by atoms with Crippen LogP contribution in [-0.2, 0) is 14.0 Å². The second-order valence-corrected chi connectivity index (χ2v) is 9.77. The summed E-state index contributed by atoms with van der Waals surface area (Å²) >= 11 is 0. The monoisotopic (exact) mass is 311 g/mol. The molecule has 0 heterocycles. The van der Waals surface area contributed by atoms with Crippen molar-refractivity contribution < 1.29 is 23.7 Å². The molecule has 1 aromatic rings. The van der Waals surface area contributed by atoms with Crippen molar-refractivity contribution in [2.75, 3.05) is 6.61 Å². The first kappa shape index (κ1) is 17.0. The number of rotatable bonds is 7. The molecule has 21 heavy (non-hydrogen) atoms. The number of esters is 1. The molecule has 114 valence electrons. The van der Waals surface area contributed by atoms with Crippen molar-refractivity contribution in [1.82, 2.24) is 0 Å². The summed E-state index contributed by atoms with van der Waals surface area (Å²) in [7, 11) is -1.91. The van der Waals surface area contributed by atoms with E-state index in [1.54, 1.807) is 0 Å². The van der Waals surface area contributed by atoms with Crippen LogP contribution in [0.3, 0.4) is 0 Å². The molecule has 8 heteroatoms. The number of benzene rings is 1. The summed E-state index contributed by atoms with van der Waals surface area (Å²) in [6.07, 6.45) is -0.194. The maximum atomic E-state index is 11.8. The molecule has 0 aliphatic rings. The zero-order valence-corrected chi connectivity index (χ0v) is 13.1. The fourth-order valence-corrected chi connectivity index (χ4v) is 2.55. The lowest BCUT2D eigenvalue weighted by atomic mass is 10.2. The number of hydrogen-bond acceptors (Lipinski definition) is 6. The summed E-state index contributed by atoms with van der Waals surface area (Å²) in [6.45, 7) is 5.58. The molecule has 0 aromatic heterocycles. The van der Waals surface area contributed by atoms with Crippen molar-refractivity contribution in [1.29, 1.82) is 0 Å². The molecule has 0 aliphatic carbocycles. The zero-order chi connectivity index (χ0) is 16.0. The lowest BCUT2D eigenvalue weighted by Gasteiger charge is -2.22. The van der Waals surface area contributed by atoms with E-state index in [1.165, 1.54) is 24.3 Å². The molecule has 0 bridgehead atoms. The Labute approximate surface area is 123 Å². The van der Waals surface area contributed by atoms with Crippen LogP contribution in [0.1, 0.15) is 10.4 Å². The van der Waals surface area contributed by atoms with Crippen molar-refractivity contribution >= 4 is 26.3 Å². The van der Waals surface area contributed by atoms with Crippen LogP contribution >= 0.6 is 0 Å². The molecule has 1 atom stereocenters. The highest BCUT2D eigenvalue weighted by molar-refractivity contribution is 6.69. The summed E-state index contributed by atoms with van der Waals surface area (Å²) in [6, 6.07) is 5.03. The van der Waals surface area contributed by atoms with Crippen LogP contribution in [-0.4, -0.2) is 38.2 Å².